The Balaban J connectivity index is 2.11. The number of nitrogen functional groups attached to an aromatic ring is 1. The Labute approximate surface area is 119 Å². The lowest BCUT2D eigenvalue weighted by Gasteiger charge is -2.10. The van der Waals surface area contributed by atoms with Gasteiger partial charge < -0.3 is 14.9 Å². The fourth-order valence-electron chi connectivity index (χ4n) is 2.55. The highest BCUT2D eigenvalue weighted by molar-refractivity contribution is 5.68. The molecule has 20 heavy (non-hydrogen) atoms. The van der Waals surface area contributed by atoms with Gasteiger partial charge in [0, 0.05) is 18.5 Å². The van der Waals surface area contributed by atoms with Crippen molar-refractivity contribution in [2.45, 2.75) is 45.2 Å². The molecular formula is C15H21N5. The minimum atomic E-state index is 0.334. The van der Waals surface area contributed by atoms with Crippen molar-refractivity contribution in [2.75, 3.05) is 5.73 Å². The number of imidazole rings is 2. The van der Waals surface area contributed by atoms with Gasteiger partial charge in [0.25, 0.3) is 0 Å². The molecule has 1 aliphatic carbocycles. The summed E-state index contributed by atoms with van der Waals surface area (Å²) in [5, 5.41) is 0. The average molecular weight is 271 g/mol. The van der Waals surface area contributed by atoms with E-state index in [1.54, 1.807) is 0 Å². The number of aromatic nitrogens is 4. The van der Waals surface area contributed by atoms with Crippen LogP contribution in [0.5, 0.6) is 0 Å². The van der Waals surface area contributed by atoms with Crippen molar-refractivity contribution < 1.29 is 0 Å². The molecule has 5 heteroatoms. The molecule has 1 fully saturated rings. The van der Waals surface area contributed by atoms with Gasteiger partial charge in [-0.2, -0.15) is 0 Å². The molecule has 2 N–H and O–H groups in total. The first-order valence-corrected chi connectivity index (χ1v) is 7.12. The normalized spacial score (nSPS) is 14.9. The van der Waals surface area contributed by atoms with E-state index in [2.05, 4.69) is 34.5 Å². The number of hydrogen-bond acceptors (Lipinski definition) is 3. The van der Waals surface area contributed by atoms with Crippen LogP contribution in [-0.2, 0) is 6.54 Å². The summed E-state index contributed by atoms with van der Waals surface area (Å²) in [5.74, 6) is 2.37. The zero-order valence-electron chi connectivity index (χ0n) is 12.1. The lowest BCUT2D eigenvalue weighted by atomic mass is 10.3. The number of hydrogen-bond donors (Lipinski definition) is 1. The summed E-state index contributed by atoms with van der Waals surface area (Å²) >= 11 is 0. The third-order valence-electron chi connectivity index (χ3n) is 3.76. The molecule has 0 bridgehead atoms. The molecule has 0 unspecified atom stereocenters. The first-order chi connectivity index (χ1) is 9.63. The number of nitrogens with two attached hydrogens (primary N) is 1. The van der Waals surface area contributed by atoms with Gasteiger partial charge in [-0.15, -0.1) is 6.58 Å². The summed E-state index contributed by atoms with van der Waals surface area (Å²) in [6, 6.07) is 0.334. The number of nitrogens with zero attached hydrogens (tertiary/aromatic N) is 4. The van der Waals surface area contributed by atoms with Crippen molar-refractivity contribution in [3.63, 3.8) is 0 Å². The SMILES string of the molecule is C=CCn1c(C2CC2)nc(-c2cncn2C(C)C)c1N. The number of anilines is 1. The molecule has 0 amide bonds. The Kier molecular flexibility index (Phi) is 3.12. The molecule has 1 aliphatic rings. The van der Waals surface area contributed by atoms with Crippen LogP contribution in [0.4, 0.5) is 5.82 Å². The van der Waals surface area contributed by atoms with Crippen molar-refractivity contribution >= 4 is 5.82 Å². The average Bonchev–Trinajstić information content (AvgIpc) is 3.04. The van der Waals surface area contributed by atoms with Gasteiger partial charge >= 0.3 is 0 Å². The first kappa shape index (κ1) is 13.0. The Hall–Kier alpha value is -2.04. The van der Waals surface area contributed by atoms with Crippen LogP contribution >= 0.6 is 0 Å². The fourth-order valence-corrected chi connectivity index (χ4v) is 2.55. The van der Waals surface area contributed by atoms with E-state index in [4.69, 9.17) is 10.7 Å². The maximum absolute atomic E-state index is 6.33. The highest BCUT2D eigenvalue weighted by Gasteiger charge is 2.31. The summed E-state index contributed by atoms with van der Waals surface area (Å²) < 4.78 is 4.19. The molecule has 2 aromatic heterocycles. The molecule has 0 radical (unpaired) electrons. The number of allylic oxidation sites excluding steroid dienone is 1. The van der Waals surface area contributed by atoms with Crippen LogP contribution in [0.15, 0.2) is 25.2 Å². The van der Waals surface area contributed by atoms with Crippen LogP contribution < -0.4 is 5.73 Å². The molecule has 2 heterocycles. The molecule has 0 aromatic carbocycles. The monoisotopic (exact) mass is 271 g/mol. The number of rotatable bonds is 5. The van der Waals surface area contributed by atoms with Gasteiger partial charge in [0.2, 0.25) is 0 Å². The third-order valence-corrected chi connectivity index (χ3v) is 3.76. The third kappa shape index (κ3) is 2.03. The zero-order chi connectivity index (χ0) is 14.3. The van der Waals surface area contributed by atoms with Crippen molar-refractivity contribution in [1.29, 1.82) is 0 Å². The highest BCUT2D eigenvalue weighted by Crippen LogP contribution is 2.42. The van der Waals surface area contributed by atoms with E-state index in [1.807, 2.05) is 18.6 Å². The molecule has 0 atom stereocenters. The van der Waals surface area contributed by atoms with E-state index < -0.39 is 0 Å². The predicted molar refractivity (Wildman–Crippen MR) is 80.4 cm³/mol. The quantitative estimate of drug-likeness (QED) is 0.850. The molecule has 0 spiro atoms. The molecule has 106 valence electrons. The van der Waals surface area contributed by atoms with Crippen LogP contribution in [0.2, 0.25) is 0 Å². The Morgan fingerprint density at radius 3 is 2.85 bits per heavy atom. The Bertz CT molecular complexity index is 631. The topological polar surface area (TPSA) is 61.7 Å². The van der Waals surface area contributed by atoms with Gasteiger partial charge in [-0.3, -0.25) is 0 Å². The van der Waals surface area contributed by atoms with Gasteiger partial charge in [0.1, 0.15) is 17.3 Å². The van der Waals surface area contributed by atoms with Gasteiger partial charge in [0.05, 0.1) is 18.2 Å². The van der Waals surface area contributed by atoms with Gasteiger partial charge in [-0.1, -0.05) is 6.08 Å². The van der Waals surface area contributed by atoms with Gasteiger partial charge in [0.15, 0.2) is 0 Å². The molecular weight excluding hydrogens is 250 g/mol. The smallest absolute Gasteiger partial charge is 0.133 e. The first-order valence-electron chi connectivity index (χ1n) is 7.12. The molecule has 2 aromatic rings. The van der Waals surface area contributed by atoms with E-state index >= 15 is 0 Å². The van der Waals surface area contributed by atoms with Crippen LogP contribution in [0, 0.1) is 0 Å². The van der Waals surface area contributed by atoms with Crippen LogP contribution in [-0.4, -0.2) is 19.1 Å². The van der Waals surface area contributed by atoms with E-state index in [0.717, 1.165) is 17.2 Å². The summed E-state index contributed by atoms with van der Waals surface area (Å²) in [6.07, 6.45) is 7.96. The van der Waals surface area contributed by atoms with Crippen molar-refractivity contribution in [1.82, 2.24) is 19.1 Å². The molecule has 1 saturated carbocycles. The van der Waals surface area contributed by atoms with E-state index in [0.29, 0.717) is 24.3 Å². The summed E-state index contributed by atoms with van der Waals surface area (Å²) in [5.41, 5.74) is 8.16. The summed E-state index contributed by atoms with van der Waals surface area (Å²) in [6.45, 7) is 8.78. The largest absolute Gasteiger partial charge is 0.383 e. The lowest BCUT2D eigenvalue weighted by molar-refractivity contribution is 0.604. The van der Waals surface area contributed by atoms with Crippen LogP contribution in [0.3, 0.4) is 0 Å². The van der Waals surface area contributed by atoms with E-state index in [9.17, 15) is 0 Å². The van der Waals surface area contributed by atoms with Gasteiger partial charge in [-0.05, 0) is 26.7 Å². The molecule has 5 nitrogen and oxygen atoms in total. The fraction of sp³-hybridized carbons (Fsp3) is 0.467. The standard InChI is InChI=1S/C15H21N5/c1-4-7-19-14(16)13(18-15(19)11-5-6-11)12-8-17-9-20(12)10(2)3/h4,8-11H,1,5-7,16H2,2-3H3. The maximum Gasteiger partial charge on any atom is 0.133 e. The van der Waals surface area contributed by atoms with Crippen molar-refractivity contribution in [2.24, 2.45) is 0 Å². The van der Waals surface area contributed by atoms with Crippen molar-refractivity contribution in [3.05, 3.63) is 31.0 Å². The second-order valence-electron chi connectivity index (χ2n) is 5.66. The van der Waals surface area contributed by atoms with Crippen LogP contribution in [0.25, 0.3) is 11.4 Å². The minimum absolute atomic E-state index is 0.334. The summed E-state index contributed by atoms with van der Waals surface area (Å²) in [4.78, 5) is 9.05. The molecule has 3 rings (SSSR count). The van der Waals surface area contributed by atoms with E-state index in [-0.39, 0.29) is 0 Å². The Morgan fingerprint density at radius 1 is 1.50 bits per heavy atom. The van der Waals surface area contributed by atoms with Crippen molar-refractivity contribution in [3.8, 4) is 11.4 Å². The lowest BCUT2D eigenvalue weighted by Crippen LogP contribution is -2.06. The van der Waals surface area contributed by atoms with E-state index in [1.165, 1.54) is 12.8 Å². The molecule has 0 saturated heterocycles. The second-order valence-corrected chi connectivity index (χ2v) is 5.66. The molecule has 0 aliphatic heterocycles. The minimum Gasteiger partial charge on any atom is -0.383 e. The van der Waals surface area contributed by atoms with Crippen LogP contribution in [0.1, 0.15) is 44.5 Å². The maximum atomic E-state index is 6.33. The zero-order valence-corrected chi connectivity index (χ0v) is 12.1. The predicted octanol–water partition coefficient (Wildman–Crippen LogP) is 2.97. The highest BCUT2D eigenvalue weighted by atomic mass is 15.2. The van der Waals surface area contributed by atoms with Gasteiger partial charge in [-0.25, -0.2) is 9.97 Å². The summed E-state index contributed by atoms with van der Waals surface area (Å²) in [7, 11) is 0. The Morgan fingerprint density at radius 2 is 2.25 bits per heavy atom. The second kappa shape index (κ2) is 4.81.